The first-order chi connectivity index (χ1) is 6.83. The Balaban J connectivity index is 2.07. The Kier molecular flexibility index (Phi) is 5.75. The van der Waals surface area contributed by atoms with Gasteiger partial charge in [-0.3, -0.25) is 0 Å². The van der Waals surface area contributed by atoms with E-state index in [0.29, 0.717) is 0 Å². The van der Waals surface area contributed by atoms with Crippen molar-refractivity contribution in [1.82, 2.24) is 15.2 Å². The van der Waals surface area contributed by atoms with E-state index in [-0.39, 0.29) is 0 Å². The highest BCUT2D eigenvalue weighted by Gasteiger charge is 2.00. The number of unbranched alkanes of at least 4 members (excludes halogenated alkanes) is 1. The van der Waals surface area contributed by atoms with Gasteiger partial charge in [0.1, 0.15) is 0 Å². The van der Waals surface area contributed by atoms with Gasteiger partial charge in [0, 0.05) is 11.9 Å². The van der Waals surface area contributed by atoms with E-state index in [0.717, 1.165) is 19.6 Å². The molecule has 1 aromatic rings. The van der Waals surface area contributed by atoms with Gasteiger partial charge < -0.3 is 10.2 Å². The Morgan fingerprint density at radius 1 is 1.50 bits per heavy atom. The summed E-state index contributed by atoms with van der Waals surface area (Å²) in [6.45, 7) is 3.24. The minimum atomic E-state index is 0.975. The lowest BCUT2D eigenvalue weighted by molar-refractivity contribution is 0.315. The second-order valence-corrected chi connectivity index (χ2v) is 4.25. The summed E-state index contributed by atoms with van der Waals surface area (Å²) in [5.41, 5.74) is 3.08. The van der Waals surface area contributed by atoms with Crippen LogP contribution in [0.1, 0.15) is 18.5 Å². The van der Waals surface area contributed by atoms with E-state index in [9.17, 15) is 0 Å². The van der Waals surface area contributed by atoms with Crippen molar-refractivity contribution in [3.8, 4) is 0 Å². The first-order valence-corrected chi connectivity index (χ1v) is 5.97. The second kappa shape index (κ2) is 6.92. The molecular weight excluding hydrogens is 194 g/mol. The number of rotatable bonds is 7. The van der Waals surface area contributed by atoms with Gasteiger partial charge in [-0.15, -0.1) is 11.3 Å². The third-order valence-electron chi connectivity index (χ3n) is 2.13. The fourth-order valence-corrected chi connectivity index (χ4v) is 1.90. The molecule has 0 unspecified atom stereocenters. The van der Waals surface area contributed by atoms with Gasteiger partial charge in [-0.1, -0.05) is 0 Å². The summed E-state index contributed by atoms with van der Waals surface area (Å²) in [7, 11) is 4.15. The fraction of sp³-hybridized carbons (Fsp3) is 0.700. The molecule has 80 valence electrons. The molecule has 0 bridgehead atoms. The SMILES string of the molecule is CNCCCCN(C)Cc1cscn1. The molecule has 0 saturated carbocycles. The quantitative estimate of drug-likeness (QED) is 0.697. The predicted octanol–water partition coefficient (Wildman–Crippen LogP) is 1.57. The zero-order valence-electron chi connectivity index (χ0n) is 8.99. The molecule has 0 aliphatic rings. The Labute approximate surface area is 90.2 Å². The molecule has 4 heteroatoms. The molecule has 0 aliphatic carbocycles. The molecule has 0 spiro atoms. The van der Waals surface area contributed by atoms with Gasteiger partial charge in [0.05, 0.1) is 11.2 Å². The molecule has 1 aromatic heterocycles. The van der Waals surface area contributed by atoms with Crippen LogP contribution in [-0.2, 0) is 6.54 Å². The molecule has 0 amide bonds. The number of hydrogen-bond acceptors (Lipinski definition) is 4. The topological polar surface area (TPSA) is 28.2 Å². The monoisotopic (exact) mass is 213 g/mol. The Bertz CT molecular complexity index is 223. The first-order valence-electron chi connectivity index (χ1n) is 5.03. The predicted molar refractivity (Wildman–Crippen MR) is 61.6 cm³/mol. The Morgan fingerprint density at radius 3 is 3.00 bits per heavy atom. The smallest absolute Gasteiger partial charge is 0.0795 e. The van der Waals surface area contributed by atoms with Crippen LogP contribution in [-0.4, -0.2) is 37.1 Å². The minimum absolute atomic E-state index is 0.975. The molecular formula is C10H19N3S. The summed E-state index contributed by atoms with van der Waals surface area (Å²) in [5.74, 6) is 0. The molecule has 0 aromatic carbocycles. The van der Waals surface area contributed by atoms with Crippen LogP contribution in [0.4, 0.5) is 0 Å². The van der Waals surface area contributed by atoms with Gasteiger partial charge in [-0.2, -0.15) is 0 Å². The number of hydrogen-bond donors (Lipinski definition) is 1. The third kappa shape index (κ3) is 4.69. The standard InChI is InChI=1S/C10H19N3S/c1-11-5-3-4-6-13(2)7-10-8-14-9-12-10/h8-9,11H,3-7H2,1-2H3. The Hall–Kier alpha value is -0.450. The van der Waals surface area contributed by atoms with E-state index in [4.69, 9.17) is 0 Å². The molecule has 0 fully saturated rings. The van der Waals surface area contributed by atoms with Crippen molar-refractivity contribution in [2.45, 2.75) is 19.4 Å². The molecule has 0 saturated heterocycles. The molecule has 0 radical (unpaired) electrons. The van der Waals surface area contributed by atoms with E-state index >= 15 is 0 Å². The van der Waals surface area contributed by atoms with Crippen LogP contribution in [0.15, 0.2) is 10.9 Å². The summed E-state index contributed by atoms with van der Waals surface area (Å²) >= 11 is 1.67. The molecule has 1 rings (SSSR count). The molecule has 0 aliphatic heterocycles. The van der Waals surface area contributed by atoms with E-state index < -0.39 is 0 Å². The van der Waals surface area contributed by atoms with Gasteiger partial charge in [-0.25, -0.2) is 4.98 Å². The van der Waals surface area contributed by atoms with Crippen LogP contribution in [0.2, 0.25) is 0 Å². The summed E-state index contributed by atoms with van der Waals surface area (Å²) in [4.78, 5) is 6.59. The maximum atomic E-state index is 4.27. The zero-order valence-corrected chi connectivity index (χ0v) is 9.81. The molecule has 1 N–H and O–H groups in total. The highest BCUT2D eigenvalue weighted by Crippen LogP contribution is 2.04. The summed E-state index contributed by atoms with van der Waals surface area (Å²) in [5, 5.41) is 5.27. The zero-order chi connectivity index (χ0) is 10.2. The largest absolute Gasteiger partial charge is 0.320 e. The molecule has 0 atom stereocenters. The highest BCUT2D eigenvalue weighted by atomic mass is 32.1. The highest BCUT2D eigenvalue weighted by molar-refractivity contribution is 7.07. The van der Waals surface area contributed by atoms with Crippen molar-refractivity contribution in [3.63, 3.8) is 0 Å². The number of nitrogens with one attached hydrogen (secondary N) is 1. The van der Waals surface area contributed by atoms with E-state index in [1.807, 2.05) is 12.6 Å². The van der Waals surface area contributed by atoms with Crippen molar-refractivity contribution in [1.29, 1.82) is 0 Å². The van der Waals surface area contributed by atoms with Crippen LogP contribution in [0, 0.1) is 0 Å². The number of thiazole rings is 1. The van der Waals surface area contributed by atoms with Crippen LogP contribution < -0.4 is 5.32 Å². The maximum Gasteiger partial charge on any atom is 0.0795 e. The second-order valence-electron chi connectivity index (χ2n) is 3.53. The first kappa shape index (κ1) is 11.6. The fourth-order valence-electron chi connectivity index (χ4n) is 1.35. The average Bonchev–Trinajstić information content (AvgIpc) is 2.65. The average molecular weight is 213 g/mol. The van der Waals surface area contributed by atoms with Crippen molar-refractivity contribution in [2.24, 2.45) is 0 Å². The lowest BCUT2D eigenvalue weighted by atomic mass is 10.3. The van der Waals surface area contributed by atoms with E-state index in [1.54, 1.807) is 11.3 Å². The molecule has 14 heavy (non-hydrogen) atoms. The van der Waals surface area contributed by atoms with Crippen molar-refractivity contribution < 1.29 is 0 Å². The number of aromatic nitrogens is 1. The van der Waals surface area contributed by atoms with Gasteiger partial charge in [0.15, 0.2) is 0 Å². The normalized spacial score (nSPS) is 11.1. The lowest BCUT2D eigenvalue weighted by Gasteiger charge is -2.14. The third-order valence-corrected chi connectivity index (χ3v) is 2.77. The van der Waals surface area contributed by atoms with Crippen LogP contribution >= 0.6 is 11.3 Å². The van der Waals surface area contributed by atoms with Gasteiger partial charge in [0.2, 0.25) is 0 Å². The summed E-state index contributed by atoms with van der Waals surface area (Å²) in [6, 6.07) is 0. The van der Waals surface area contributed by atoms with Crippen molar-refractivity contribution in [3.05, 3.63) is 16.6 Å². The maximum absolute atomic E-state index is 4.27. The number of nitrogens with zero attached hydrogens (tertiary/aromatic N) is 2. The van der Waals surface area contributed by atoms with Gasteiger partial charge in [-0.05, 0) is 40.0 Å². The molecule has 3 nitrogen and oxygen atoms in total. The minimum Gasteiger partial charge on any atom is -0.320 e. The van der Waals surface area contributed by atoms with Crippen LogP contribution in [0.3, 0.4) is 0 Å². The molecule has 1 heterocycles. The van der Waals surface area contributed by atoms with Crippen LogP contribution in [0.25, 0.3) is 0 Å². The van der Waals surface area contributed by atoms with Crippen molar-refractivity contribution in [2.75, 3.05) is 27.2 Å². The van der Waals surface area contributed by atoms with Gasteiger partial charge >= 0.3 is 0 Å². The van der Waals surface area contributed by atoms with Crippen LogP contribution in [0.5, 0.6) is 0 Å². The summed E-state index contributed by atoms with van der Waals surface area (Å²) < 4.78 is 0. The summed E-state index contributed by atoms with van der Waals surface area (Å²) in [6.07, 6.45) is 2.50. The van der Waals surface area contributed by atoms with Crippen molar-refractivity contribution >= 4 is 11.3 Å². The lowest BCUT2D eigenvalue weighted by Crippen LogP contribution is -2.20. The van der Waals surface area contributed by atoms with E-state index in [2.05, 4.69) is 27.6 Å². The van der Waals surface area contributed by atoms with Gasteiger partial charge in [0.25, 0.3) is 0 Å². The van der Waals surface area contributed by atoms with E-state index in [1.165, 1.54) is 18.5 Å². The Morgan fingerprint density at radius 2 is 2.36 bits per heavy atom.